The number of amides is 1. The van der Waals surface area contributed by atoms with Crippen molar-refractivity contribution in [3.8, 4) is 0 Å². The predicted molar refractivity (Wildman–Crippen MR) is 122 cm³/mol. The van der Waals surface area contributed by atoms with E-state index in [9.17, 15) is 14.7 Å². The minimum absolute atomic E-state index is 0.105. The van der Waals surface area contributed by atoms with Crippen molar-refractivity contribution in [3.05, 3.63) is 99.5 Å². The topological polar surface area (TPSA) is 88.1 Å². The minimum Gasteiger partial charge on any atom is -0.550 e. The van der Waals surface area contributed by atoms with E-state index >= 15 is 0 Å². The van der Waals surface area contributed by atoms with Crippen LogP contribution in [0, 0.1) is 0 Å². The van der Waals surface area contributed by atoms with Gasteiger partial charge in [-0.25, -0.2) is 0 Å². The first-order chi connectivity index (χ1) is 14.8. The van der Waals surface area contributed by atoms with Crippen LogP contribution in [0.3, 0.4) is 0 Å². The molecule has 0 saturated heterocycles. The Morgan fingerprint density at radius 2 is 1.58 bits per heavy atom. The summed E-state index contributed by atoms with van der Waals surface area (Å²) >= 11 is 11.8. The number of benzene rings is 3. The Hall–Kier alpha value is -2.86. The van der Waals surface area contributed by atoms with Crippen LogP contribution in [0.2, 0.25) is 10.0 Å². The van der Waals surface area contributed by atoms with Gasteiger partial charge in [-0.05, 0) is 42.7 Å². The highest BCUT2D eigenvalue weighted by molar-refractivity contribution is 6.42. The highest BCUT2D eigenvalue weighted by atomic mass is 35.5. The third-order valence-corrected chi connectivity index (χ3v) is 5.29. The molecule has 3 N–H and O–H groups in total. The van der Waals surface area contributed by atoms with Crippen molar-refractivity contribution in [1.82, 2.24) is 0 Å². The molecule has 1 amide bonds. The van der Waals surface area contributed by atoms with Crippen LogP contribution in [-0.2, 0) is 17.8 Å². The second-order valence-corrected chi connectivity index (χ2v) is 7.54. The fraction of sp³-hybridized carbons (Fsp3) is 0.167. The van der Waals surface area contributed by atoms with Crippen LogP contribution in [0.4, 0.5) is 5.69 Å². The van der Waals surface area contributed by atoms with E-state index in [1.165, 1.54) is 16.5 Å². The maximum Gasteiger partial charge on any atom is 0.258 e. The molecule has 0 aliphatic carbocycles. The molecule has 0 aliphatic rings. The molecule has 0 radical (unpaired) electrons. The fourth-order valence-corrected chi connectivity index (χ4v) is 3.16. The lowest BCUT2D eigenvalue weighted by Gasteiger charge is -2.21. The number of para-hydroxylation sites is 1. The van der Waals surface area contributed by atoms with Crippen molar-refractivity contribution in [2.75, 3.05) is 11.9 Å². The Bertz CT molecular complexity index is 1030. The number of anilines is 1. The first-order valence-corrected chi connectivity index (χ1v) is 10.4. The first kappa shape index (κ1) is 24.4. The van der Waals surface area contributed by atoms with Gasteiger partial charge in [-0.2, -0.15) is 0 Å². The average Bonchev–Trinajstić information content (AvgIpc) is 2.79. The van der Waals surface area contributed by atoms with Crippen LogP contribution in [0.25, 0.3) is 0 Å². The molecule has 3 rings (SSSR count). The van der Waals surface area contributed by atoms with E-state index in [2.05, 4.69) is 17.9 Å². The van der Waals surface area contributed by atoms with E-state index in [4.69, 9.17) is 23.2 Å². The second kappa shape index (κ2) is 12.1. The SMILES string of the molecule is CN(C(=O)c1ccc(Cl)c(Cl)c1)c1ccccc1CCC(=O)[O-].[NH3+]Cc1ccccc1. The van der Waals surface area contributed by atoms with Crippen LogP contribution >= 0.6 is 23.2 Å². The zero-order valence-electron chi connectivity index (χ0n) is 17.2. The number of hydrogen-bond donors (Lipinski definition) is 1. The van der Waals surface area contributed by atoms with Gasteiger partial charge in [0, 0.05) is 29.8 Å². The zero-order chi connectivity index (χ0) is 22.8. The molecular weight excluding hydrogens is 435 g/mol. The number of carboxylic acid groups (broad SMARTS) is 1. The number of carboxylic acids is 1. The smallest absolute Gasteiger partial charge is 0.258 e. The first-order valence-electron chi connectivity index (χ1n) is 9.67. The third kappa shape index (κ3) is 7.40. The number of aliphatic carboxylic acids is 1. The van der Waals surface area contributed by atoms with Crippen molar-refractivity contribution in [2.24, 2.45) is 0 Å². The summed E-state index contributed by atoms with van der Waals surface area (Å²) in [5.74, 6) is -1.39. The van der Waals surface area contributed by atoms with E-state index in [0.29, 0.717) is 21.3 Å². The summed E-state index contributed by atoms with van der Waals surface area (Å²) < 4.78 is 0. The summed E-state index contributed by atoms with van der Waals surface area (Å²) in [6, 6.07) is 22.0. The van der Waals surface area contributed by atoms with Gasteiger partial charge in [0.25, 0.3) is 5.91 Å². The van der Waals surface area contributed by atoms with Crippen molar-refractivity contribution < 1.29 is 20.4 Å². The number of hydrogen-bond acceptors (Lipinski definition) is 3. The molecule has 31 heavy (non-hydrogen) atoms. The van der Waals surface area contributed by atoms with E-state index in [-0.39, 0.29) is 18.7 Å². The summed E-state index contributed by atoms with van der Waals surface area (Å²) in [4.78, 5) is 24.7. The standard InChI is InChI=1S/C17H15Cl2NO3.C7H9N/c1-20(17(23)12-6-8-13(18)14(19)10-12)15-5-3-2-4-11(15)7-9-16(21)22;8-6-7-4-2-1-3-5-7/h2-6,8,10H,7,9H2,1H3,(H,21,22);1-5H,6,8H2. The summed E-state index contributed by atoms with van der Waals surface area (Å²) in [6.45, 7) is 0.890. The molecular formula is C24H24Cl2N2O3. The highest BCUT2D eigenvalue weighted by Crippen LogP contribution is 2.26. The number of aryl methyl sites for hydroxylation is 1. The Morgan fingerprint density at radius 1 is 0.935 bits per heavy atom. The molecule has 162 valence electrons. The quantitative estimate of drug-likeness (QED) is 0.613. The molecule has 3 aromatic carbocycles. The van der Waals surface area contributed by atoms with Gasteiger partial charge >= 0.3 is 0 Å². The van der Waals surface area contributed by atoms with Gasteiger partial charge in [-0.15, -0.1) is 0 Å². The molecule has 7 heteroatoms. The average molecular weight is 459 g/mol. The number of rotatable bonds is 6. The van der Waals surface area contributed by atoms with Gasteiger partial charge in [-0.1, -0.05) is 71.7 Å². The summed E-state index contributed by atoms with van der Waals surface area (Å²) in [5, 5.41) is 11.3. The Kier molecular flexibility index (Phi) is 9.53. The molecule has 0 aliphatic heterocycles. The highest BCUT2D eigenvalue weighted by Gasteiger charge is 2.17. The van der Waals surface area contributed by atoms with E-state index in [0.717, 1.165) is 12.1 Å². The maximum absolute atomic E-state index is 12.6. The van der Waals surface area contributed by atoms with Crippen LogP contribution in [0.5, 0.6) is 0 Å². The van der Waals surface area contributed by atoms with Gasteiger partial charge in [0.05, 0.1) is 16.6 Å². The van der Waals surface area contributed by atoms with Gasteiger partial charge < -0.3 is 20.5 Å². The molecule has 0 bridgehead atoms. The third-order valence-electron chi connectivity index (χ3n) is 4.55. The second-order valence-electron chi connectivity index (χ2n) is 6.73. The van der Waals surface area contributed by atoms with Gasteiger partial charge in [0.15, 0.2) is 0 Å². The largest absolute Gasteiger partial charge is 0.550 e. The zero-order valence-corrected chi connectivity index (χ0v) is 18.7. The van der Waals surface area contributed by atoms with Gasteiger partial charge in [0.1, 0.15) is 0 Å². The fourth-order valence-electron chi connectivity index (χ4n) is 2.86. The van der Waals surface area contributed by atoms with E-state index in [1.807, 2.05) is 18.2 Å². The lowest BCUT2D eigenvalue weighted by Crippen LogP contribution is -2.47. The van der Waals surface area contributed by atoms with Crippen molar-refractivity contribution in [3.63, 3.8) is 0 Å². The van der Waals surface area contributed by atoms with Crippen LogP contribution in [0.1, 0.15) is 27.9 Å². The number of nitrogens with zero attached hydrogens (tertiary/aromatic N) is 1. The number of halogens is 2. The Balaban J connectivity index is 0.000000357. The monoisotopic (exact) mass is 458 g/mol. The summed E-state index contributed by atoms with van der Waals surface area (Å²) in [5.41, 5.74) is 6.85. The molecule has 0 heterocycles. The van der Waals surface area contributed by atoms with Crippen molar-refractivity contribution in [2.45, 2.75) is 19.4 Å². The molecule has 0 unspecified atom stereocenters. The lowest BCUT2D eigenvalue weighted by molar-refractivity contribution is -0.386. The molecule has 0 spiro atoms. The van der Waals surface area contributed by atoms with Crippen LogP contribution < -0.4 is 15.7 Å². The molecule has 0 aromatic heterocycles. The van der Waals surface area contributed by atoms with E-state index < -0.39 is 5.97 Å². The van der Waals surface area contributed by atoms with Crippen LogP contribution in [0.15, 0.2) is 72.8 Å². The van der Waals surface area contributed by atoms with Crippen molar-refractivity contribution >= 4 is 40.8 Å². The Morgan fingerprint density at radius 3 is 2.16 bits per heavy atom. The van der Waals surface area contributed by atoms with Gasteiger partial charge in [-0.3, -0.25) is 4.79 Å². The summed E-state index contributed by atoms with van der Waals surface area (Å²) in [7, 11) is 1.63. The maximum atomic E-state index is 12.6. The molecule has 0 saturated carbocycles. The number of carbonyl (C=O) groups excluding carboxylic acids is 2. The normalized spacial score (nSPS) is 10.1. The predicted octanol–water partition coefficient (Wildman–Crippen LogP) is 3.38. The van der Waals surface area contributed by atoms with Crippen molar-refractivity contribution in [1.29, 1.82) is 0 Å². The number of carbonyl (C=O) groups is 2. The molecule has 0 fully saturated rings. The minimum atomic E-state index is -1.13. The molecule has 3 aromatic rings. The molecule has 0 atom stereocenters. The van der Waals surface area contributed by atoms with E-state index in [1.54, 1.807) is 43.4 Å². The Labute approximate surface area is 192 Å². The van der Waals surface area contributed by atoms with Gasteiger partial charge in [0.2, 0.25) is 0 Å². The molecule has 5 nitrogen and oxygen atoms in total. The lowest BCUT2D eigenvalue weighted by atomic mass is 10.1. The number of quaternary nitrogens is 1. The summed E-state index contributed by atoms with van der Waals surface area (Å²) in [6.07, 6.45) is 0.184. The van der Waals surface area contributed by atoms with Crippen LogP contribution in [-0.4, -0.2) is 18.9 Å².